The number of pyridine rings is 1. The minimum Gasteiger partial charge on any atom is -0.507 e. The molecule has 2 aromatic carbocycles. The monoisotopic (exact) mass is 374 g/mol. The molecule has 0 fully saturated rings. The molecule has 0 aliphatic rings. The normalized spacial score (nSPS) is 10.3. The van der Waals surface area contributed by atoms with Gasteiger partial charge in [0.15, 0.2) is 5.78 Å². The summed E-state index contributed by atoms with van der Waals surface area (Å²) in [6.07, 6.45) is 1.38. The number of nitrogens with zero attached hydrogens (tertiary/aromatic N) is 2. The Labute approximate surface area is 161 Å². The number of aryl methyl sites for hydroxylation is 1. The van der Waals surface area contributed by atoms with Gasteiger partial charge in [0.05, 0.1) is 12.2 Å². The van der Waals surface area contributed by atoms with E-state index in [1.54, 1.807) is 43.3 Å². The standard InChI is InChI=1S/C22H18N2O4/c1-3-28-18-7-5-17(6-8-18)24-13-16(11-15(12-23)22(24)27)21(26)19-10-14(2)4-9-20(19)25/h4-11,13,25H,3H2,1-2H3. The average Bonchev–Trinajstić information content (AvgIpc) is 2.70. The van der Waals surface area contributed by atoms with Gasteiger partial charge in [-0.3, -0.25) is 14.2 Å². The van der Waals surface area contributed by atoms with Crippen LogP contribution in [0, 0.1) is 18.3 Å². The van der Waals surface area contributed by atoms with Crippen LogP contribution in [0.15, 0.2) is 59.5 Å². The molecule has 1 N–H and O–H groups in total. The zero-order chi connectivity index (χ0) is 20.3. The van der Waals surface area contributed by atoms with Crippen molar-refractivity contribution in [2.45, 2.75) is 13.8 Å². The molecule has 3 aromatic rings. The van der Waals surface area contributed by atoms with Crippen LogP contribution in [0.4, 0.5) is 0 Å². The molecular weight excluding hydrogens is 356 g/mol. The average molecular weight is 374 g/mol. The number of carbonyl (C=O) groups is 1. The first-order valence-corrected chi connectivity index (χ1v) is 8.69. The number of aromatic hydroxyl groups is 1. The molecular formula is C22H18N2O4. The number of hydrogen-bond acceptors (Lipinski definition) is 5. The van der Waals surface area contributed by atoms with Crippen molar-refractivity contribution in [2.24, 2.45) is 0 Å². The molecule has 1 aromatic heterocycles. The third-order valence-corrected chi connectivity index (χ3v) is 4.22. The number of phenols is 1. The fourth-order valence-electron chi connectivity index (χ4n) is 2.83. The Morgan fingerprint density at radius 1 is 1.18 bits per heavy atom. The molecule has 0 aliphatic heterocycles. The lowest BCUT2D eigenvalue weighted by Gasteiger charge is -2.11. The van der Waals surface area contributed by atoms with Crippen LogP contribution in [0.3, 0.4) is 0 Å². The Hall–Kier alpha value is -3.85. The van der Waals surface area contributed by atoms with E-state index in [0.29, 0.717) is 18.0 Å². The molecule has 0 unspecified atom stereocenters. The largest absolute Gasteiger partial charge is 0.507 e. The second kappa shape index (κ2) is 7.80. The maximum atomic E-state index is 12.9. The van der Waals surface area contributed by atoms with Crippen molar-refractivity contribution in [1.29, 1.82) is 5.26 Å². The van der Waals surface area contributed by atoms with Crippen molar-refractivity contribution in [2.75, 3.05) is 6.61 Å². The van der Waals surface area contributed by atoms with E-state index in [2.05, 4.69) is 0 Å². The van der Waals surface area contributed by atoms with Gasteiger partial charge in [0.25, 0.3) is 5.56 Å². The Balaban J connectivity index is 2.13. The molecule has 28 heavy (non-hydrogen) atoms. The van der Waals surface area contributed by atoms with E-state index >= 15 is 0 Å². The van der Waals surface area contributed by atoms with Crippen molar-refractivity contribution in [3.05, 3.63) is 87.3 Å². The molecule has 0 aliphatic carbocycles. The summed E-state index contributed by atoms with van der Waals surface area (Å²) < 4.78 is 6.64. The molecule has 0 saturated carbocycles. The molecule has 1 heterocycles. The predicted molar refractivity (Wildman–Crippen MR) is 104 cm³/mol. The minimum absolute atomic E-state index is 0.112. The first-order valence-electron chi connectivity index (χ1n) is 8.69. The van der Waals surface area contributed by atoms with Crippen LogP contribution in [0.1, 0.15) is 34.0 Å². The lowest BCUT2D eigenvalue weighted by Crippen LogP contribution is -2.22. The van der Waals surface area contributed by atoms with Crippen LogP contribution in [-0.4, -0.2) is 22.1 Å². The molecule has 0 amide bonds. The fourth-order valence-corrected chi connectivity index (χ4v) is 2.83. The van der Waals surface area contributed by atoms with Crippen LogP contribution in [0.5, 0.6) is 11.5 Å². The molecule has 0 saturated heterocycles. The lowest BCUT2D eigenvalue weighted by atomic mass is 10.0. The van der Waals surface area contributed by atoms with Gasteiger partial charge in [0.1, 0.15) is 23.1 Å². The maximum absolute atomic E-state index is 12.9. The van der Waals surface area contributed by atoms with E-state index in [1.807, 2.05) is 13.0 Å². The number of carbonyl (C=O) groups excluding carboxylic acids is 1. The summed E-state index contributed by atoms with van der Waals surface area (Å²) in [7, 11) is 0. The van der Waals surface area contributed by atoms with Crippen LogP contribution in [0.25, 0.3) is 5.69 Å². The molecule has 0 bridgehead atoms. The summed E-state index contributed by atoms with van der Waals surface area (Å²) in [6.45, 7) is 4.19. The van der Waals surface area contributed by atoms with E-state index < -0.39 is 11.3 Å². The van der Waals surface area contributed by atoms with Crippen molar-refractivity contribution in [3.63, 3.8) is 0 Å². The third-order valence-electron chi connectivity index (χ3n) is 4.22. The molecule has 0 radical (unpaired) electrons. The Bertz CT molecular complexity index is 1140. The number of phenolic OH excluding ortho intramolecular Hbond substituents is 1. The summed E-state index contributed by atoms with van der Waals surface area (Å²) in [5.74, 6) is 0.0158. The second-order valence-corrected chi connectivity index (χ2v) is 6.21. The van der Waals surface area contributed by atoms with Crippen molar-refractivity contribution in [3.8, 4) is 23.3 Å². The molecule has 6 nitrogen and oxygen atoms in total. The molecule has 6 heteroatoms. The van der Waals surface area contributed by atoms with E-state index in [0.717, 1.165) is 5.56 Å². The highest BCUT2D eigenvalue weighted by molar-refractivity contribution is 6.10. The molecule has 140 valence electrons. The van der Waals surface area contributed by atoms with Crippen LogP contribution in [-0.2, 0) is 0 Å². The van der Waals surface area contributed by atoms with Crippen LogP contribution in [0.2, 0.25) is 0 Å². The van der Waals surface area contributed by atoms with Gasteiger partial charge < -0.3 is 9.84 Å². The summed E-state index contributed by atoms with van der Waals surface area (Å²) >= 11 is 0. The van der Waals surface area contributed by atoms with Gasteiger partial charge in [-0.1, -0.05) is 11.6 Å². The number of ketones is 1. The highest BCUT2D eigenvalue weighted by Crippen LogP contribution is 2.22. The van der Waals surface area contributed by atoms with Gasteiger partial charge in [-0.05, 0) is 56.3 Å². The van der Waals surface area contributed by atoms with Gasteiger partial charge in [0.2, 0.25) is 0 Å². The Morgan fingerprint density at radius 2 is 1.89 bits per heavy atom. The first kappa shape index (κ1) is 18.9. The highest BCUT2D eigenvalue weighted by Gasteiger charge is 2.18. The fraction of sp³-hybridized carbons (Fsp3) is 0.136. The van der Waals surface area contributed by atoms with Crippen molar-refractivity contribution < 1.29 is 14.6 Å². The number of nitriles is 1. The first-order chi connectivity index (χ1) is 13.4. The number of rotatable bonds is 5. The van der Waals surface area contributed by atoms with Gasteiger partial charge in [-0.2, -0.15) is 5.26 Å². The lowest BCUT2D eigenvalue weighted by molar-refractivity contribution is 0.103. The third kappa shape index (κ3) is 3.64. The summed E-state index contributed by atoms with van der Waals surface area (Å²) in [5, 5.41) is 19.4. The Morgan fingerprint density at radius 3 is 2.54 bits per heavy atom. The van der Waals surface area contributed by atoms with Crippen molar-refractivity contribution >= 4 is 5.78 Å². The zero-order valence-electron chi connectivity index (χ0n) is 15.5. The minimum atomic E-state index is -0.531. The second-order valence-electron chi connectivity index (χ2n) is 6.21. The van der Waals surface area contributed by atoms with Gasteiger partial charge in [-0.15, -0.1) is 0 Å². The number of benzene rings is 2. The van der Waals surface area contributed by atoms with Crippen LogP contribution < -0.4 is 10.3 Å². The quantitative estimate of drug-likeness (QED) is 0.692. The van der Waals surface area contributed by atoms with E-state index in [4.69, 9.17) is 4.74 Å². The van der Waals surface area contributed by atoms with Gasteiger partial charge in [0, 0.05) is 17.4 Å². The number of hydrogen-bond donors (Lipinski definition) is 1. The maximum Gasteiger partial charge on any atom is 0.273 e. The Kier molecular flexibility index (Phi) is 5.28. The molecule has 0 spiro atoms. The smallest absolute Gasteiger partial charge is 0.273 e. The van der Waals surface area contributed by atoms with Gasteiger partial charge >= 0.3 is 0 Å². The zero-order valence-corrected chi connectivity index (χ0v) is 15.5. The highest BCUT2D eigenvalue weighted by atomic mass is 16.5. The summed E-state index contributed by atoms with van der Waals surface area (Å²) in [6, 6.07) is 14.5. The molecule has 3 rings (SSSR count). The van der Waals surface area contributed by atoms with Crippen molar-refractivity contribution in [1.82, 2.24) is 4.57 Å². The van der Waals surface area contributed by atoms with E-state index in [-0.39, 0.29) is 22.4 Å². The van der Waals surface area contributed by atoms with Gasteiger partial charge in [-0.25, -0.2) is 0 Å². The SMILES string of the molecule is CCOc1ccc(-n2cc(C(=O)c3cc(C)ccc3O)cc(C#N)c2=O)cc1. The number of ether oxygens (including phenoxy) is 1. The van der Waals surface area contributed by atoms with E-state index in [1.165, 1.54) is 22.9 Å². The summed E-state index contributed by atoms with van der Waals surface area (Å²) in [4.78, 5) is 25.5. The predicted octanol–water partition coefficient (Wildman–Crippen LogP) is 3.35. The molecule has 0 atom stereocenters. The van der Waals surface area contributed by atoms with E-state index in [9.17, 15) is 20.0 Å². The summed E-state index contributed by atoms with van der Waals surface area (Å²) in [5.41, 5.74) is 0.852. The topological polar surface area (TPSA) is 92.3 Å². The van der Waals surface area contributed by atoms with Crippen LogP contribution >= 0.6 is 0 Å². The number of aromatic nitrogens is 1.